The lowest BCUT2D eigenvalue weighted by Gasteiger charge is -2.34. The van der Waals surface area contributed by atoms with Crippen LogP contribution in [0, 0.1) is 6.92 Å². The number of rotatable bonds is 5. The minimum Gasteiger partial charge on any atom is -0.484 e. The highest BCUT2D eigenvalue weighted by atomic mass is 16.5. The van der Waals surface area contributed by atoms with Crippen LogP contribution in [0.5, 0.6) is 5.75 Å². The number of hydrogen-bond acceptors (Lipinski definition) is 3. The quantitative estimate of drug-likeness (QED) is 0.824. The molecular formula is C16H24N2O2. The zero-order valence-electron chi connectivity index (χ0n) is 12.5. The number of carbonyl (C=O) groups is 1. The summed E-state index contributed by atoms with van der Waals surface area (Å²) in [5.74, 6) is 0.843. The fourth-order valence-electron chi connectivity index (χ4n) is 2.41. The van der Waals surface area contributed by atoms with Crippen molar-refractivity contribution in [3.8, 4) is 5.75 Å². The monoisotopic (exact) mass is 276 g/mol. The van der Waals surface area contributed by atoms with Crippen molar-refractivity contribution in [1.82, 2.24) is 9.80 Å². The van der Waals surface area contributed by atoms with Crippen LogP contribution in [0.25, 0.3) is 0 Å². The average molecular weight is 276 g/mol. The summed E-state index contributed by atoms with van der Waals surface area (Å²) in [5.41, 5.74) is 1.19. The van der Waals surface area contributed by atoms with E-state index < -0.39 is 0 Å². The molecule has 4 nitrogen and oxygen atoms in total. The van der Waals surface area contributed by atoms with Gasteiger partial charge >= 0.3 is 0 Å². The van der Waals surface area contributed by atoms with Crippen molar-refractivity contribution >= 4 is 5.91 Å². The van der Waals surface area contributed by atoms with Crippen LogP contribution in [-0.2, 0) is 4.79 Å². The lowest BCUT2D eigenvalue weighted by Crippen LogP contribution is -2.50. The van der Waals surface area contributed by atoms with E-state index in [-0.39, 0.29) is 12.5 Å². The summed E-state index contributed by atoms with van der Waals surface area (Å²) in [6, 6.07) is 7.79. The standard InChI is InChI=1S/C16H24N2O2/c1-3-8-17-9-11-18(12-10-17)16(19)13-20-15-6-4-14(2)5-7-15/h4-7H,3,8-13H2,1-2H3. The normalized spacial score (nSPS) is 16.2. The first-order valence-corrected chi connectivity index (χ1v) is 7.38. The Morgan fingerprint density at radius 3 is 2.40 bits per heavy atom. The van der Waals surface area contributed by atoms with Crippen molar-refractivity contribution in [2.24, 2.45) is 0 Å². The van der Waals surface area contributed by atoms with E-state index in [4.69, 9.17) is 4.74 Å². The molecule has 1 saturated heterocycles. The molecule has 0 saturated carbocycles. The Labute approximate surface area is 121 Å². The summed E-state index contributed by atoms with van der Waals surface area (Å²) < 4.78 is 5.55. The van der Waals surface area contributed by atoms with E-state index in [2.05, 4.69) is 11.8 Å². The highest BCUT2D eigenvalue weighted by molar-refractivity contribution is 5.77. The van der Waals surface area contributed by atoms with Gasteiger partial charge in [-0.2, -0.15) is 0 Å². The first kappa shape index (κ1) is 14.9. The van der Waals surface area contributed by atoms with Crippen molar-refractivity contribution in [1.29, 1.82) is 0 Å². The zero-order valence-corrected chi connectivity index (χ0v) is 12.5. The largest absolute Gasteiger partial charge is 0.484 e. The smallest absolute Gasteiger partial charge is 0.260 e. The number of benzene rings is 1. The summed E-state index contributed by atoms with van der Waals surface area (Å²) in [6.45, 7) is 9.07. The van der Waals surface area contributed by atoms with Crippen LogP contribution in [0.3, 0.4) is 0 Å². The van der Waals surface area contributed by atoms with Gasteiger partial charge < -0.3 is 9.64 Å². The summed E-state index contributed by atoms with van der Waals surface area (Å²) in [5, 5.41) is 0. The van der Waals surface area contributed by atoms with Crippen LogP contribution >= 0.6 is 0 Å². The van der Waals surface area contributed by atoms with Crippen LogP contribution in [0.1, 0.15) is 18.9 Å². The second-order valence-electron chi connectivity index (χ2n) is 5.32. The molecule has 0 unspecified atom stereocenters. The predicted molar refractivity (Wildman–Crippen MR) is 80.0 cm³/mol. The summed E-state index contributed by atoms with van der Waals surface area (Å²) >= 11 is 0. The minimum atomic E-state index is 0.0849. The molecule has 0 bridgehead atoms. The van der Waals surface area contributed by atoms with Crippen LogP contribution in [0.2, 0.25) is 0 Å². The molecule has 110 valence electrons. The number of carbonyl (C=O) groups excluding carboxylic acids is 1. The van der Waals surface area contributed by atoms with E-state index in [0.29, 0.717) is 0 Å². The Hall–Kier alpha value is -1.55. The SMILES string of the molecule is CCCN1CCN(C(=O)COc2ccc(C)cc2)CC1. The second kappa shape index (κ2) is 7.29. The van der Waals surface area contributed by atoms with Crippen LogP contribution in [-0.4, -0.2) is 55.0 Å². The second-order valence-corrected chi connectivity index (χ2v) is 5.32. The number of ether oxygens (including phenoxy) is 1. The van der Waals surface area contributed by atoms with E-state index in [0.717, 1.165) is 38.5 Å². The lowest BCUT2D eigenvalue weighted by atomic mass is 10.2. The molecule has 20 heavy (non-hydrogen) atoms. The third-order valence-corrected chi connectivity index (χ3v) is 3.65. The van der Waals surface area contributed by atoms with Gasteiger partial charge in [-0.25, -0.2) is 0 Å². The molecule has 1 heterocycles. The molecule has 4 heteroatoms. The Balaban J connectivity index is 1.74. The van der Waals surface area contributed by atoms with Gasteiger partial charge in [-0.15, -0.1) is 0 Å². The zero-order chi connectivity index (χ0) is 14.4. The Morgan fingerprint density at radius 1 is 1.15 bits per heavy atom. The molecule has 0 aliphatic carbocycles. The van der Waals surface area contributed by atoms with Gasteiger partial charge in [-0.05, 0) is 32.0 Å². The highest BCUT2D eigenvalue weighted by Crippen LogP contribution is 2.11. The molecule has 1 aliphatic heterocycles. The van der Waals surface area contributed by atoms with Crippen LogP contribution in [0.4, 0.5) is 0 Å². The van der Waals surface area contributed by atoms with Gasteiger partial charge in [-0.1, -0.05) is 24.6 Å². The molecule has 0 spiro atoms. The highest BCUT2D eigenvalue weighted by Gasteiger charge is 2.20. The number of hydrogen-bond donors (Lipinski definition) is 0. The summed E-state index contributed by atoms with van der Waals surface area (Å²) in [7, 11) is 0. The summed E-state index contributed by atoms with van der Waals surface area (Å²) in [6.07, 6.45) is 1.17. The number of aryl methyl sites for hydroxylation is 1. The third-order valence-electron chi connectivity index (χ3n) is 3.65. The van der Waals surface area contributed by atoms with Crippen molar-refractivity contribution in [2.45, 2.75) is 20.3 Å². The molecule has 1 aliphatic rings. The number of piperazine rings is 1. The van der Waals surface area contributed by atoms with E-state index in [1.165, 1.54) is 12.0 Å². The molecule has 1 aromatic rings. The topological polar surface area (TPSA) is 32.8 Å². The third kappa shape index (κ3) is 4.23. The van der Waals surface area contributed by atoms with Crippen molar-refractivity contribution < 1.29 is 9.53 Å². The van der Waals surface area contributed by atoms with E-state index >= 15 is 0 Å². The van der Waals surface area contributed by atoms with Gasteiger partial charge in [0.25, 0.3) is 5.91 Å². The van der Waals surface area contributed by atoms with E-state index in [1.54, 1.807) is 0 Å². The average Bonchev–Trinajstić information content (AvgIpc) is 2.47. The van der Waals surface area contributed by atoms with Gasteiger partial charge in [-0.3, -0.25) is 9.69 Å². The Bertz CT molecular complexity index is 423. The lowest BCUT2D eigenvalue weighted by molar-refractivity contribution is -0.135. The van der Waals surface area contributed by atoms with E-state index in [1.807, 2.05) is 36.1 Å². The fraction of sp³-hybridized carbons (Fsp3) is 0.562. The van der Waals surface area contributed by atoms with Gasteiger partial charge in [0.1, 0.15) is 5.75 Å². The number of nitrogens with zero attached hydrogens (tertiary/aromatic N) is 2. The first-order chi connectivity index (χ1) is 9.69. The molecular weight excluding hydrogens is 252 g/mol. The van der Waals surface area contributed by atoms with Gasteiger partial charge in [0.15, 0.2) is 6.61 Å². The Kier molecular flexibility index (Phi) is 5.41. The molecule has 1 amide bonds. The molecule has 2 rings (SSSR count). The van der Waals surface area contributed by atoms with Crippen molar-refractivity contribution in [3.05, 3.63) is 29.8 Å². The van der Waals surface area contributed by atoms with Crippen LogP contribution in [0.15, 0.2) is 24.3 Å². The molecule has 1 fully saturated rings. The number of amides is 1. The predicted octanol–water partition coefficient (Wildman–Crippen LogP) is 1.93. The maximum atomic E-state index is 12.1. The van der Waals surface area contributed by atoms with Crippen LogP contribution < -0.4 is 4.74 Å². The van der Waals surface area contributed by atoms with E-state index in [9.17, 15) is 4.79 Å². The minimum absolute atomic E-state index is 0.0849. The van der Waals surface area contributed by atoms with Gasteiger partial charge in [0, 0.05) is 26.2 Å². The fourth-order valence-corrected chi connectivity index (χ4v) is 2.41. The Morgan fingerprint density at radius 2 is 1.80 bits per heavy atom. The molecule has 0 N–H and O–H groups in total. The molecule has 0 aromatic heterocycles. The molecule has 0 radical (unpaired) electrons. The first-order valence-electron chi connectivity index (χ1n) is 7.38. The van der Waals surface area contributed by atoms with Gasteiger partial charge in [0.2, 0.25) is 0 Å². The van der Waals surface area contributed by atoms with Crippen molar-refractivity contribution in [3.63, 3.8) is 0 Å². The molecule has 0 atom stereocenters. The maximum absolute atomic E-state index is 12.1. The summed E-state index contributed by atoms with van der Waals surface area (Å²) in [4.78, 5) is 16.4. The van der Waals surface area contributed by atoms with Crippen molar-refractivity contribution in [2.75, 3.05) is 39.3 Å². The van der Waals surface area contributed by atoms with Gasteiger partial charge in [0.05, 0.1) is 0 Å². The maximum Gasteiger partial charge on any atom is 0.260 e. The molecule has 1 aromatic carbocycles.